The summed E-state index contributed by atoms with van der Waals surface area (Å²) in [5.41, 5.74) is 0. The average Bonchev–Trinajstić information content (AvgIpc) is 2.30. The molecule has 0 bridgehead atoms. The highest BCUT2D eigenvalue weighted by Crippen LogP contribution is 2.17. The van der Waals surface area contributed by atoms with Gasteiger partial charge in [0.1, 0.15) is 11.5 Å². The van der Waals surface area contributed by atoms with Gasteiger partial charge in [-0.3, -0.25) is 0 Å². The molecule has 0 aliphatic carbocycles. The molecule has 0 aliphatic heterocycles. The predicted molar refractivity (Wildman–Crippen MR) is 64.0 cm³/mol. The van der Waals surface area contributed by atoms with Crippen molar-refractivity contribution in [1.82, 2.24) is 0 Å². The zero-order chi connectivity index (χ0) is 11.2. The van der Waals surface area contributed by atoms with Crippen molar-refractivity contribution in [1.29, 1.82) is 0 Å². The Morgan fingerprint density at radius 1 is 0.812 bits per heavy atom. The standard InChI is InChI=1S/C13H11ClO2/c14-11-5-4-8-13(9-11)16-10-15-12-6-2-1-3-7-12/h1-9H,10H2. The van der Waals surface area contributed by atoms with Gasteiger partial charge in [0.05, 0.1) is 0 Å². The van der Waals surface area contributed by atoms with E-state index in [1.807, 2.05) is 42.5 Å². The van der Waals surface area contributed by atoms with E-state index < -0.39 is 0 Å². The van der Waals surface area contributed by atoms with Crippen molar-refractivity contribution >= 4 is 11.6 Å². The molecule has 0 atom stereocenters. The van der Waals surface area contributed by atoms with E-state index >= 15 is 0 Å². The van der Waals surface area contributed by atoms with Crippen LogP contribution in [0.4, 0.5) is 0 Å². The van der Waals surface area contributed by atoms with Gasteiger partial charge in [-0.25, -0.2) is 0 Å². The van der Waals surface area contributed by atoms with E-state index in [4.69, 9.17) is 21.1 Å². The van der Waals surface area contributed by atoms with Gasteiger partial charge >= 0.3 is 0 Å². The summed E-state index contributed by atoms with van der Waals surface area (Å²) >= 11 is 5.82. The normalized spacial score (nSPS) is 9.81. The van der Waals surface area contributed by atoms with E-state index in [1.54, 1.807) is 12.1 Å². The molecule has 0 radical (unpaired) electrons. The number of hydrogen-bond donors (Lipinski definition) is 0. The summed E-state index contributed by atoms with van der Waals surface area (Å²) in [5.74, 6) is 1.48. The van der Waals surface area contributed by atoms with Crippen LogP contribution in [-0.2, 0) is 0 Å². The third kappa shape index (κ3) is 3.17. The van der Waals surface area contributed by atoms with E-state index in [-0.39, 0.29) is 6.79 Å². The van der Waals surface area contributed by atoms with Gasteiger partial charge in [-0.1, -0.05) is 35.9 Å². The van der Waals surface area contributed by atoms with Gasteiger partial charge in [-0.2, -0.15) is 0 Å². The van der Waals surface area contributed by atoms with Crippen molar-refractivity contribution in [2.45, 2.75) is 0 Å². The molecule has 0 unspecified atom stereocenters. The zero-order valence-electron chi connectivity index (χ0n) is 8.60. The van der Waals surface area contributed by atoms with Crippen LogP contribution in [0.5, 0.6) is 11.5 Å². The van der Waals surface area contributed by atoms with E-state index in [9.17, 15) is 0 Å². The first kappa shape index (κ1) is 10.8. The molecule has 2 aromatic rings. The highest BCUT2D eigenvalue weighted by Gasteiger charge is 1.95. The third-order valence-electron chi connectivity index (χ3n) is 1.99. The predicted octanol–water partition coefficient (Wildman–Crippen LogP) is 3.76. The summed E-state index contributed by atoms with van der Waals surface area (Å²) in [6.07, 6.45) is 0. The molecule has 2 rings (SSSR count). The monoisotopic (exact) mass is 234 g/mol. The van der Waals surface area contributed by atoms with E-state index in [0.717, 1.165) is 5.75 Å². The first-order valence-electron chi connectivity index (χ1n) is 4.91. The minimum absolute atomic E-state index is 0.171. The molecular weight excluding hydrogens is 224 g/mol. The Kier molecular flexibility index (Phi) is 3.67. The molecule has 2 nitrogen and oxygen atoms in total. The fraction of sp³-hybridized carbons (Fsp3) is 0.0769. The van der Waals surface area contributed by atoms with Crippen molar-refractivity contribution < 1.29 is 9.47 Å². The maximum Gasteiger partial charge on any atom is 0.230 e. The van der Waals surface area contributed by atoms with Gasteiger partial charge < -0.3 is 9.47 Å². The molecule has 82 valence electrons. The second kappa shape index (κ2) is 5.42. The molecule has 0 fully saturated rings. The number of para-hydroxylation sites is 1. The largest absolute Gasteiger partial charge is 0.458 e. The topological polar surface area (TPSA) is 18.5 Å². The van der Waals surface area contributed by atoms with Crippen LogP contribution < -0.4 is 9.47 Å². The van der Waals surface area contributed by atoms with Crippen molar-refractivity contribution in [3.05, 3.63) is 59.6 Å². The Labute approximate surface area is 99.4 Å². The first-order valence-corrected chi connectivity index (χ1v) is 5.28. The lowest BCUT2D eigenvalue weighted by Crippen LogP contribution is -2.05. The molecule has 0 saturated carbocycles. The average molecular weight is 235 g/mol. The Morgan fingerprint density at radius 2 is 1.50 bits per heavy atom. The van der Waals surface area contributed by atoms with Crippen LogP contribution in [-0.4, -0.2) is 6.79 Å². The summed E-state index contributed by atoms with van der Waals surface area (Å²) in [4.78, 5) is 0. The van der Waals surface area contributed by atoms with Gasteiger partial charge in [0.25, 0.3) is 0 Å². The van der Waals surface area contributed by atoms with Gasteiger partial charge in [-0.05, 0) is 30.3 Å². The Bertz CT molecular complexity index is 443. The van der Waals surface area contributed by atoms with E-state index in [2.05, 4.69) is 0 Å². The minimum atomic E-state index is 0.171. The van der Waals surface area contributed by atoms with Crippen LogP contribution in [0.25, 0.3) is 0 Å². The second-order valence-electron chi connectivity index (χ2n) is 3.18. The molecule has 0 N–H and O–H groups in total. The van der Waals surface area contributed by atoms with Crippen LogP contribution in [0, 0.1) is 0 Å². The quantitative estimate of drug-likeness (QED) is 0.750. The second-order valence-corrected chi connectivity index (χ2v) is 3.61. The maximum atomic E-state index is 5.82. The van der Waals surface area contributed by atoms with Crippen molar-refractivity contribution in [3.8, 4) is 11.5 Å². The SMILES string of the molecule is Clc1cccc(OCOc2ccccc2)c1. The molecule has 16 heavy (non-hydrogen) atoms. The molecule has 0 spiro atoms. The summed E-state index contributed by atoms with van der Waals surface area (Å²) in [7, 11) is 0. The van der Waals surface area contributed by atoms with Crippen LogP contribution in [0.3, 0.4) is 0 Å². The molecule has 0 saturated heterocycles. The zero-order valence-corrected chi connectivity index (χ0v) is 9.35. The van der Waals surface area contributed by atoms with Crippen LogP contribution >= 0.6 is 11.6 Å². The number of halogens is 1. The third-order valence-corrected chi connectivity index (χ3v) is 2.23. The molecule has 0 amide bonds. The number of hydrogen-bond acceptors (Lipinski definition) is 2. The highest BCUT2D eigenvalue weighted by atomic mass is 35.5. The summed E-state index contributed by atoms with van der Waals surface area (Å²) < 4.78 is 10.8. The molecule has 0 heterocycles. The smallest absolute Gasteiger partial charge is 0.230 e. The molecule has 0 aliphatic rings. The van der Waals surface area contributed by atoms with Crippen molar-refractivity contribution in [2.24, 2.45) is 0 Å². The van der Waals surface area contributed by atoms with Gasteiger partial charge in [0, 0.05) is 5.02 Å². The summed E-state index contributed by atoms with van der Waals surface area (Å²) in [5, 5.41) is 0.650. The van der Waals surface area contributed by atoms with Gasteiger partial charge in [0.15, 0.2) is 0 Å². The van der Waals surface area contributed by atoms with Gasteiger partial charge in [0.2, 0.25) is 6.79 Å². The molecule has 0 aromatic heterocycles. The Balaban J connectivity index is 1.85. The fourth-order valence-electron chi connectivity index (χ4n) is 1.24. The number of benzene rings is 2. The van der Waals surface area contributed by atoms with E-state index in [1.165, 1.54) is 0 Å². The summed E-state index contributed by atoms with van der Waals surface area (Å²) in [6, 6.07) is 16.7. The van der Waals surface area contributed by atoms with Crippen LogP contribution in [0.15, 0.2) is 54.6 Å². The lowest BCUT2D eigenvalue weighted by molar-refractivity contribution is 0.120. The highest BCUT2D eigenvalue weighted by molar-refractivity contribution is 6.30. The fourth-order valence-corrected chi connectivity index (χ4v) is 1.42. The number of rotatable bonds is 4. The van der Waals surface area contributed by atoms with E-state index in [0.29, 0.717) is 10.8 Å². The Morgan fingerprint density at radius 3 is 2.25 bits per heavy atom. The minimum Gasteiger partial charge on any atom is -0.458 e. The first-order chi connectivity index (χ1) is 7.84. The summed E-state index contributed by atoms with van der Waals surface area (Å²) in [6.45, 7) is 0.171. The van der Waals surface area contributed by atoms with Crippen molar-refractivity contribution in [3.63, 3.8) is 0 Å². The molecule has 2 aromatic carbocycles. The maximum absolute atomic E-state index is 5.82. The Hall–Kier alpha value is -1.67. The van der Waals surface area contributed by atoms with Crippen LogP contribution in [0.2, 0.25) is 5.02 Å². The molecule has 3 heteroatoms. The lowest BCUT2D eigenvalue weighted by atomic mass is 10.3. The molecular formula is C13H11ClO2. The lowest BCUT2D eigenvalue weighted by Gasteiger charge is -2.08. The van der Waals surface area contributed by atoms with Crippen LogP contribution in [0.1, 0.15) is 0 Å². The number of ether oxygens (including phenoxy) is 2. The van der Waals surface area contributed by atoms with Gasteiger partial charge in [-0.15, -0.1) is 0 Å². The van der Waals surface area contributed by atoms with Crippen molar-refractivity contribution in [2.75, 3.05) is 6.79 Å².